The summed E-state index contributed by atoms with van der Waals surface area (Å²) in [7, 11) is 1.62. The van der Waals surface area contributed by atoms with Crippen LogP contribution in [0.15, 0.2) is 30.3 Å². The van der Waals surface area contributed by atoms with Gasteiger partial charge in [-0.2, -0.15) is 12.6 Å². The third kappa shape index (κ3) is 4.74. The summed E-state index contributed by atoms with van der Waals surface area (Å²) in [6.45, 7) is 1.80. The Labute approximate surface area is 117 Å². The summed E-state index contributed by atoms with van der Waals surface area (Å²) in [5.74, 6) is -0.0836. The highest BCUT2D eigenvalue weighted by molar-refractivity contribution is 7.80. The molecule has 1 aromatic rings. The standard InChI is InChI=1S/C13H22O3SSi/c1-13(14-2,15-3)16-18(11-7-10-17)12-8-5-4-6-9-12/h4-6,8-9,17-18H,7,10-11H2,1-3H3. The van der Waals surface area contributed by atoms with E-state index in [4.69, 9.17) is 13.9 Å². The van der Waals surface area contributed by atoms with Gasteiger partial charge in [-0.25, -0.2) is 0 Å². The highest BCUT2D eigenvalue weighted by atomic mass is 32.1. The molecule has 0 saturated carbocycles. The largest absolute Gasteiger partial charge is 0.368 e. The molecule has 0 aromatic heterocycles. The fourth-order valence-corrected chi connectivity index (χ4v) is 4.73. The lowest BCUT2D eigenvalue weighted by Crippen LogP contribution is -2.45. The van der Waals surface area contributed by atoms with E-state index in [9.17, 15) is 0 Å². The lowest BCUT2D eigenvalue weighted by Gasteiger charge is -2.31. The second-order valence-electron chi connectivity index (χ2n) is 4.15. The number of methoxy groups -OCH3 is 2. The topological polar surface area (TPSA) is 27.7 Å². The molecule has 1 rings (SSSR count). The van der Waals surface area contributed by atoms with Crippen LogP contribution in [0.2, 0.25) is 6.04 Å². The first-order valence-corrected chi connectivity index (χ1v) is 8.59. The maximum absolute atomic E-state index is 6.09. The predicted octanol–water partition coefficient (Wildman–Crippen LogP) is 1.92. The average molecular weight is 286 g/mol. The van der Waals surface area contributed by atoms with Crippen LogP contribution >= 0.6 is 12.6 Å². The molecule has 0 spiro atoms. The Kier molecular flexibility index (Phi) is 6.96. The smallest absolute Gasteiger partial charge is 0.269 e. The van der Waals surface area contributed by atoms with Crippen LogP contribution in [0.4, 0.5) is 0 Å². The van der Waals surface area contributed by atoms with E-state index in [0.29, 0.717) is 0 Å². The van der Waals surface area contributed by atoms with Crippen molar-refractivity contribution in [2.24, 2.45) is 0 Å². The van der Waals surface area contributed by atoms with Crippen LogP contribution in [0, 0.1) is 0 Å². The van der Waals surface area contributed by atoms with E-state index >= 15 is 0 Å². The number of benzene rings is 1. The fourth-order valence-electron chi connectivity index (χ4n) is 1.68. The summed E-state index contributed by atoms with van der Waals surface area (Å²) < 4.78 is 16.7. The van der Waals surface area contributed by atoms with Gasteiger partial charge >= 0.3 is 0 Å². The molecule has 0 radical (unpaired) electrons. The number of hydrogen-bond acceptors (Lipinski definition) is 4. The van der Waals surface area contributed by atoms with Crippen LogP contribution < -0.4 is 5.19 Å². The van der Waals surface area contributed by atoms with Gasteiger partial charge in [0.2, 0.25) is 9.04 Å². The Bertz CT molecular complexity index is 330. The normalized spacial score (nSPS) is 13.6. The van der Waals surface area contributed by atoms with Crippen molar-refractivity contribution >= 4 is 26.9 Å². The molecule has 3 nitrogen and oxygen atoms in total. The minimum absolute atomic E-state index is 0.871. The summed E-state index contributed by atoms with van der Waals surface area (Å²) in [5.41, 5.74) is 0. The van der Waals surface area contributed by atoms with Crippen molar-refractivity contribution < 1.29 is 13.9 Å². The van der Waals surface area contributed by atoms with Crippen molar-refractivity contribution in [3.05, 3.63) is 30.3 Å². The van der Waals surface area contributed by atoms with E-state index in [2.05, 4.69) is 24.8 Å². The molecule has 1 unspecified atom stereocenters. The van der Waals surface area contributed by atoms with Crippen molar-refractivity contribution in [2.75, 3.05) is 20.0 Å². The molecule has 0 aliphatic rings. The van der Waals surface area contributed by atoms with Gasteiger partial charge in [0.15, 0.2) is 0 Å². The molecule has 0 N–H and O–H groups in total. The van der Waals surface area contributed by atoms with Gasteiger partial charge in [0.25, 0.3) is 5.97 Å². The zero-order valence-electron chi connectivity index (χ0n) is 11.3. The van der Waals surface area contributed by atoms with E-state index in [-0.39, 0.29) is 0 Å². The average Bonchev–Trinajstić information content (AvgIpc) is 2.44. The monoisotopic (exact) mass is 286 g/mol. The predicted molar refractivity (Wildman–Crippen MR) is 80.0 cm³/mol. The van der Waals surface area contributed by atoms with Crippen molar-refractivity contribution in [3.63, 3.8) is 0 Å². The van der Waals surface area contributed by atoms with E-state index in [0.717, 1.165) is 18.2 Å². The van der Waals surface area contributed by atoms with Crippen LogP contribution in [0.3, 0.4) is 0 Å². The van der Waals surface area contributed by atoms with Gasteiger partial charge in [-0.3, -0.25) is 0 Å². The SMILES string of the molecule is COC(C)(OC)O[SiH](CCCS)c1ccccc1. The molecular formula is C13H22O3SSi. The number of ether oxygens (including phenoxy) is 2. The minimum Gasteiger partial charge on any atom is -0.368 e. The van der Waals surface area contributed by atoms with Gasteiger partial charge in [-0.1, -0.05) is 30.3 Å². The molecule has 0 saturated heterocycles. The summed E-state index contributed by atoms with van der Waals surface area (Å²) >= 11 is 4.27. The molecule has 18 heavy (non-hydrogen) atoms. The van der Waals surface area contributed by atoms with Gasteiger partial charge in [-0.05, 0) is 23.4 Å². The molecule has 0 amide bonds. The number of hydrogen-bond donors (Lipinski definition) is 1. The molecule has 0 heterocycles. The first kappa shape index (κ1) is 15.7. The first-order valence-electron chi connectivity index (χ1n) is 6.09. The van der Waals surface area contributed by atoms with Crippen LogP contribution in [0.5, 0.6) is 0 Å². The van der Waals surface area contributed by atoms with Crippen molar-refractivity contribution in [2.45, 2.75) is 25.4 Å². The maximum atomic E-state index is 6.09. The number of thiol groups is 1. The Balaban J connectivity index is 2.79. The molecule has 0 aliphatic carbocycles. The zero-order valence-corrected chi connectivity index (χ0v) is 13.3. The van der Waals surface area contributed by atoms with Crippen LogP contribution in [0.25, 0.3) is 0 Å². The van der Waals surface area contributed by atoms with Crippen molar-refractivity contribution in [1.82, 2.24) is 0 Å². The highest BCUT2D eigenvalue weighted by Gasteiger charge is 2.29. The van der Waals surface area contributed by atoms with Crippen molar-refractivity contribution in [1.29, 1.82) is 0 Å². The lowest BCUT2D eigenvalue weighted by molar-refractivity contribution is -0.312. The molecule has 0 fully saturated rings. The summed E-state index contributed by atoms with van der Waals surface area (Å²) in [6.07, 6.45) is 1.04. The van der Waals surface area contributed by atoms with E-state index in [1.807, 2.05) is 18.2 Å². The molecule has 102 valence electrons. The van der Waals surface area contributed by atoms with Crippen LogP contribution in [0.1, 0.15) is 13.3 Å². The molecular weight excluding hydrogens is 264 g/mol. The zero-order chi connectivity index (χ0) is 13.4. The van der Waals surface area contributed by atoms with Crippen molar-refractivity contribution in [3.8, 4) is 0 Å². The Morgan fingerprint density at radius 1 is 1.17 bits per heavy atom. The summed E-state index contributed by atoms with van der Waals surface area (Å²) in [6, 6.07) is 11.3. The first-order chi connectivity index (χ1) is 8.65. The maximum Gasteiger partial charge on any atom is 0.269 e. The second-order valence-corrected chi connectivity index (χ2v) is 7.06. The quantitative estimate of drug-likeness (QED) is 0.449. The molecule has 5 heteroatoms. The second kappa shape index (κ2) is 7.96. The molecule has 0 aliphatic heterocycles. The van der Waals surface area contributed by atoms with Gasteiger partial charge in [0.05, 0.1) is 0 Å². The van der Waals surface area contributed by atoms with E-state index in [1.165, 1.54) is 5.19 Å². The lowest BCUT2D eigenvalue weighted by atomic mass is 10.4. The summed E-state index contributed by atoms with van der Waals surface area (Å²) in [4.78, 5) is 0. The highest BCUT2D eigenvalue weighted by Crippen LogP contribution is 2.16. The molecule has 1 aromatic carbocycles. The van der Waals surface area contributed by atoms with Gasteiger partial charge in [-0.15, -0.1) is 0 Å². The third-order valence-electron chi connectivity index (χ3n) is 2.89. The Hall–Kier alpha value is -0.333. The van der Waals surface area contributed by atoms with E-state index < -0.39 is 15.0 Å². The summed E-state index contributed by atoms with van der Waals surface area (Å²) in [5, 5.41) is 1.26. The molecule has 1 atom stereocenters. The fraction of sp³-hybridized carbons (Fsp3) is 0.538. The third-order valence-corrected chi connectivity index (χ3v) is 5.98. The van der Waals surface area contributed by atoms with Gasteiger partial charge < -0.3 is 13.9 Å². The van der Waals surface area contributed by atoms with Crippen LogP contribution in [-0.2, 0) is 13.9 Å². The van der Waals surface area contributed by atoms with Gasteiger partial charge in [0.1, 0.15) is 0 Å². The van der Waals surface area contributed by atoms with E-state index in [1.54, 1.807) is 21.1 Å². The van der Waals surface area contributed by atoms with Gasteiger partial charge in [0, 0.05) is 21.1 Å². The molecule has 0 bridgehead atoms. The Morgan fingerprint density at radius 3 is 2.28 bits per heavy atom. The number of rotatable bonds is 8. The Morgan fingerprint density at radius 2 is 1.78 bits per heavy atom. The van der Waals surface area contributed by atoms with Crippen LogP contribution in [-0.4, -0.2) is 35.0 Å². The minimum atomic E-state index is -1.57.